The van der Waals surface area contributed by atoms with Crippen molar-refractivity contribution in [3.63, 3.8) is 0 Å². The van der Waals surface area contributed by atoms with Crippen LogP contribution >= 0.6 is 0 Å². The Kier molecular flexibility index (Phi) is 5.35. The number of aliphatic imine (C=N–C) groups is 1. The third-order valence-electron chi connectivity index (χ3n) is 4.63. The van der Waals surface area contributed by atoms with E-state index in [1.54, 1.807) is 4.90 Å². The molecule has 1 saturated heterocycles. The number of nitrogens with one attached hydrogen (secondary N) is 1. The van der Waals surface area contributed by atoms with Gasteiger partial charge in [0.2, 0.25) is 0 Å². The Labute approximate surface area is 132 Å². The monoisotopic (exact) mass is 301 g/mol. The molecule has 1 aliphatic carbocycles. The fraction of sp³-hybridized carbons (Fsp3) is 0.556. The molecule has 0 amide bonds. The molecule has 1 aliphatic heterocycles. The SMILES string of the molecule is O=C1CC(=NCC[NH+]2CCOCC2)C[C@@H](c2ccccc2)C1. The van der Waals surface area contributed by atoms with E-state index < -0.39 is 0 Å². The zero-order valence-electron chi connectivity index (χ0n) is 13.1. The molecule has 1 N–H and O–H groups in total. The summed E-state index contributed by atoms with van der Waals surface area (Å²) in [6.45, 7) is 5.77. The third kappa shape index (κ3) is 4.24. The van der Waals surface area contributed by atoms with E-state index in [0.29, 0.717) is 24.5 Å². The van der Waals surface area contributed by atoms with Crippen molar-refractivity contribution in [3.8, 4) is 0 Å². The molecule has 2 fully saturated rings. The van der Waals surface area contributed by atoms with E-state index in [2.05, 4.69) is 12.1 Å². The molecule has 0 spiro atoms. The van der Waals surface area contributed by atoms with Crippen LogP contribution in [-0.2, 0) is 9.53 Å². The van der Waals surface area contributed by atoms with Gasteiger partial charge in [0.1, 0.15) is 18.9 Å². The topological polar surface area (TPSA) is 43.1 Å². The van der Waals surface area contributed by atoms with Gasteiger partial charge in [-0.1, -0.05) is 30.3 Å². The maximum Gasteiger partial charge on any atom is 0.139 e. The number of hydrogen-bond acceptors (Lipinski definition) is 3. The highest BCUT2D eigenvalue weighted by Crippen LogP contribution is 2.29. The number of carbonyl (C=O) groups excluding carboxylic acids is 1. The van der Waals surface area contributed by atoms with E-state index in [1.165, 1.54) is 5.56 Å². The molecule has 1 saturated carbocycles. The van der Waals surface area contributed by atoms with Gasteiger partial charge in [0.05, 0.1) is 26.3 Å². The van der Waals surface area contributed by atoms with Crippen LogP contribution in [0.1, 0.15) is 30.7 Å². The smallest absolute Gasteiger partial charge is 0.139 e. The Morgan fingerprint density at radius 1 is 1.14 bits per heavy atom. The van der Waals surface area contributed by atoms with Gasteiger partial charge in [0.25, 0.3) is 0 Å². The van der Waals surface area contributed by atoms with Crippen LogP contribution in [0.2, 0.25) is 0 Å². The predicted octanol–water partition coefficient (Wildman–Crippen LogP) is 0.879. The van der Waals surface area contributed by atoms with Crippen molar-refractivity contribution in [2.24, 2.45) is 4.99 Å². The van der Waals surface area contributed by atoms with Gasteiger partial charge < -0.3 is 9.64 Å². The Morgan fingerprint density at radius 2 is 1.91 bits per heavy atom. The van der Waals surface area contributed by atoms with E-state index in [9.17, 15) is 4.79 Å². The van der Waals surface area contributed by atoms with Crippen molar-refractivity contribution in [1.82, 2.24) is 0 Å². The molecular formula is C18H25N2O2+. The summed E-state index contributed by atoms with van der Waals surface area (Å²) in [7, 11) is 0. The van der Waals surface area contributed by atoms with Crippen LogP contribution in [0.5, 0.6) is 0 Å². The molecule has 0 unspecified atom stereocenters. The van der Waals surface area contributed by atoms with Crippen molar-refractivity contribution >= 4 is 11.5 Å². The van der Waals surface area contributed by atoms with E-state index in [1.807, 2.05) is 18.2 Å². The molecule has 0 radical (unpaired) electrons. The summed E-state index contributed by atoms with van der Waals surface area (Å²) < 4.78 is 5.37. The number of quaternary nitrogens is 1. The molecule has 1 atom stereocenters. The van der Waals surface area contributed by atoms with Crippen molar-refractivity contribution in [1.29, 1.82) is 0 Å². The van der Waals surface area contributed by atoms with Gasteiger partial charge >= 0.3 is 0 Å². The molecule has 0 aromatic heterocycles. The third-order valence-corrected chi connectivity index (χ3v) is 4.63. The Bertz CT molecular complexity index is 521. The first-order valence-electron chi connectivity index (χ1n) is 8.31. The van der Waals surface area contributed by atoms with Gasteiger partial charge in [-0.2, -0.15) is 0 Å². The van der Waals surface area contributed by atoms with Crippen LogP contribution in [0, 0.1) is 0 Å². The van der Waals surface area contributed by atoms with E-state index in [4.69, 9.17) is 9.73 Å². The molecule has 0 bridgehead atoms. The van der Waals surface area contributed by atoms with E-state index in [0.717, 1.165) is 51.5 Å². The first kappa shape index (κ1) is 15.4. The average Bonchev–Trinajstić information content (AvgIpc) is 2.56. The lowest BCUT2D eigenvalue weighted by molar-refractivity contribution is -0.906. The van der Waals surface area contributed by atoms with Crippen molar-refractivity contribution in [3.05, 3.63) is 35.9 Å². The second-order valence-electron chi connectivity index (χ2n) is 6.29. The van der Waals surface area contributed by atoms with Crippen molar-refractivity contribution < 1.29 is 14.4 Å². The highest BCUT2D eigenvalue weighted by Gasteiger charge is 2.25. The quantitative estimate of drug-likeness (QED) is 0.897. The maximum absolute atomic E-state index is 12.0. The highest BCUT2D eigenvalue weighted by molar-refractivity contribution is 6.05. The average molecular weight is 301 g/mol. The van der Waals surface area contributed by atoms with Crippen LogP contribution in [-0.4, -0.2) is 50.9 Å². The minimum absolute atomic E-state index is 0.317. The van der Waals surface area contributed by atoms with Crippen molar-refractivity contribution in [2.75, 3.05) is 39.4 Å². The van der Waals surface area contributed by atoms with Gasteiger partial charge in [0.15, 0.2) is 0 Å². The number of hydrogen-bond donors (Lipinski definition) is 1. The van der Waals surface area contributed by atoms with Crippen molar-refractivity contribution in [2.45, 2.75) is 25.2 Å². The first-order chi connectivity index (χ1) is 10.8. The van der Waals surface area contributed by atoms with Crippen LogP contribution < -0.4 is 4.90 Å². The van der Waals surface area contributed by atoms with Crippen LogP contribution in [0.25, 0.3) is 0 Å². The summed E-state index contributed by atoms with van der Waals surface area (Å²) >= 11 is 0. The number of nitrogens with zero attached hydrogens (tertiary/aromatic N) is 1. The summed E-state index contributed by atoms with van der Waals surface area (Å²) in [6, 6.07) is 10.4. The minimum atomic E-state index is 0.317. The number of ketones is 1. The highest BCUT2D eigenvalue weighted by atomic mass is 16.5. The van der Waals surface area contributed by atoms with Crippen LogP contribution in [0.4, 0.5) is 0 Å². The summed E-state index contributed by atoms with van der Waals surface area (Å²) in [4.78, 5) is 18.3. The lowest BCUT2D eigenvalue weighted by Gasteiger charge is -2.24. The summed E-state index contributed by atoms with van der Waals surface area (Å²) in [5.41, 5.74) is 2.36. The molecule has 118 valence electrons. The first-order valence-corrected chi connectivity index (χ1v) is 8.31. The normalized spacial score (nSPS) is 25.5. The lowest BCUT2D eigenvalue weighted by atomic mass is 9.82. The van der Waals surface area contributed by atoms with E-state index >= 15 is 0 Å². The Morgan fingerprint density at radius 3 is 2.68 bits per heavy atom. The van der Waals surface area contributed by atoms with Crippen LogP contribution in [0.15, 0.2) is 35.3 Å². The van der Waals surface area contributed by atoms with Gasteiger partial charge in [-0.3, -0.25) is 9.79 Å². The second-order valence-corrected chi connectivity index (χ2v) is 6.29. The molecule has 1 aromatic carbocycles. The Hall–Kier alpha value is -1.52. The molecule has 1 aromatic rings. The molecule has 4 nitrogen and oxygen atoms in total. The van der Waals surface area contributed by atoms with Gasteiger partial charge in [-0.25, -0.2) is 0 Å². The fourth-order valence-corrected chi connectivity index (χ4v) is 3.37. The van der Waals surface area contributed by atoms with Crippen LogP contribution in [0.3, 0.4) is 0 Å². The fourth-order valence-electron chi connectivity index (χ4n) is 3.37. The molecule has 4 heteroatoms. The number of rotatable bonds is 4. The van der Waals surface area contributed by atoms with E-state index in [-0.39, 0.29) is 0 Å². The zero-order valence-corrected chi connectivity index (χ0v) is 13.1. The number of carbonyl (C=O) groups is 1. The number of ether oxygens (including phenoxy) is 1. The number of morpholine rings is 1. The predicted molar refractivity (Wildman–Crippen MR) is 86.7 cm³/mol. The molecule has 22 heavy (non-hydrogen) atoms. The molecule has 1 heterocycles. The summed E-state index contributed by atoms with van der Waals surface area (Å²) in [5, 5.41) is 0. The standard InChI is InChI=1S/C18H24N2O2/c21-18-13-16(15-4-2-1-3-5-15)12-17(14-18)19-6-7-20-8-10-22-11-9-20/h1-5,16H,6-14H2/p+1/t16-/m1/s1. The van der Waals surface area contributed by atoms with Gasteiger partial charge in [0, 0.05) is 18.6 Å². The number of Topliss-reactive ketones (excluding diaryl/α,β-unsaturated/α-hetero) is 1. The second kappa shape index (κ2) is 7.65. The molecule has 3 rings (SSSR count). The lowest BCUT2D eigenvalue weighted by Crippen LogP contribution is -3.14. The summed E-state index contributed by atoms with van der Waals surface area (Å²) in [6.07, 6.45) is 2.16. The van der Waals surface area contributed by atoms with Gasteiger partial charge in [-0.15, -0.1) is 0 Å². The molecular weight excluding hydrogens is 276 g/mol. The largest absolute Gasteiger partial charge is 0.370 e. The molecule has 2 aliphatic rings. The Balaban J connectivity index is 1.56. The zero-order chi connectivity index (χ0) is 15.2. The van der Waals surface area contributed by atoms with Gasteiger partial charge in [-0.05, 0) is 17.9 Å². The summed E-state index contributed by atoms with van der Waals surface area (Å²) in [5.74, 6) is 0.648. The number of benzene rings is 1. The maximum atomic E-state index is 12.0. The minimum Gasteiger partial charge on any atom is -0.370 e.